The summed E-state index contributed by atoms with van der Waals surface area (Å²) in [4.78, 5) is 11.9. The van der Waals surface area contributed by atoms with Crippen molar-refractivity contribution in [3.05, 3.63) is 70.3 Å². The standard InChI is InChI=1S/C18H17ClN2O3/c19-16-11-15(7-8-17(16)23)18(24)21-20-12-14-6-3-5-13(10-14)4-1-2-9-22/h1,3-8,10-12,22-23H,2,9H2,(H,21,24)/b4-1+,20-12+. The fraction of sp³-hybridized carbons (Fsp3) is 0.111. The summed E-state index contributed by atoms with van der Waals surface area (Å²) in [6.45, 7) is 0.116. The SMILES string of the molecule is O=C(N/N=C/c1cccc(/C=C/CCO)c1)c1ccc(O)c(Cl)c1. The van der Waals surface area contributed by atoms with E-state index in [4.69, 9.17) is 16.7 Å². The first-order valence-corrected chi connectivity index (χ1v) is 7.67. The Kier molecular flexibility index (Phi) is 6.54. The predicted octanol–water partition coefficient (Wildman–Crippen LogP) is 3.21. The van der Waals surface area contributed by atoms with Crippen molar-refractivity contribution in [1.82, 2.24) is 5.43 Å². The van der Waals surface area contributed by atoms with Gasteiger partial charge in [-0.1, -0.05) is 42.0 Å². The molecule has 0 bridgehead atoms. The summed E-state index contributed by atoms with van der Waals surface area (Å²) >= 11 is 5.77. The van der Waals surface area contributed by atoms with E-state index in [1.165, 1.54) is 24.4 Å². The van der Waals surface area contributed by atoms with Crippen LogP contribution in [0.4, 0.5) is 0 Å². The van der Waals surface area contributed by atoms with E-state index in [1.54, 1.807) is 0 Å². The topological polar surface area (TPSA) is 81.9 Å². The van der Waals surface area contributed by atoms with Crippen LogP contribution in [0.1, 0.15) is 27.9 Å². The summed E-state index contributed by atoms with van der Waals surface area (Å²) in [5.41, 5.74) is 4.51. The highest BCUT2D eigenvalue weighted by Gasteiger charge is 2.07. The largest absolute Gasteiger partial charge is 0.506 e. The summed E-state index contributed by atoms with van der Waals surface area (Å²) in [5, 5.41) is 22.1. The van der Waals surface area contributed by atoms with E-state index in [9.17, 15) is 9.90 Å². The quantitative estimate of drug-likeness (QED) is 0.556. The van der Waals surface area contributed by atoms with E-state index >= 15 is 0 Å². The highest BCUT2D eigenvalue weighted by atomic mass is 35.5. The molecule has 0 atom stereocenters. The summed E-state index contributed by atoms with van der Waals surface area (Å²) in [7, 11) is 0. The molecule has 0 spiro atoms. The molecule has 0 aliphatic heterocycles. The zero-order valence-electron chi connectivity index (χ0n) is 12.8. The first-order chi connectivity index (χ1) is 11.6. The number of benzene rings is 2. The second kappa shape index (κ2) is 8.86. The molecule has 0 saturated carbocycles. The number of halogens is 1. The van der Waals surface area contributed by atoms with Gasteiger partial charge in [0.25, 0.3) is 5.91 Å². The van der Waals surface area contributed by atoms with E-state index in [1.807, 2.05) is 36.4 Å². The minimum atomic E-state index is -0.424. The average molecular weight is 345 g/mol. The first-order valence-electron chi connectivity index (χ1n) is 7.29. The second-order valence-corrected chi connectivity index (χ2v) is 5.36. The van der Waals surface area contributed by atoms with Crippen LogP contribution >= 0.6 is 11.6 Å². The van der Waals surface area contributed by atoms with E-state index in [0.29, 0.717) is 12.0 Å². The molecule has 0 aromatic heterocycles. The molecular formula is C18H17ClN2O3. The lowest BCUT2D eigenvalue weighted by Gasteiger charge is -2.02. The number of amides is 1. The fourth-order valence-electron chi connectivity index (χ4n) is 1.92. The first kappa shape index (κ1) is 17.7. The number of aromatic hydroxyl groups is 1. The number of hydrogen-bond acceptors (Lipinski definition) is 4. The maximum absolute atomic E-state index is 11.9. The van der Waals surface area contributed by atoms with Crippen molar-refractivity contribution >= 4 is 29.8 Å². The number of phenols is 1. The molecule has 0 saturated heterocycles. The van der Waals surface area contributed by atoms with E-state index in [-0.39, 0.29) is 17.4 Å². The number of hydrogen-bond donors (Lipinski definition) is 3. The van der Waals surface area contributed by atoms with Crippen molar-refractivity contribution in [2.45, 2.75) is 6.42 Å². The Balaban J connectivity index is 1.99. The molecule has 0 unspecified atom stereocenters. The predicted molar refractivity (Wildman–Crippen MR) is 95.4 cm³/mol. The smallest absolute Gasteiger partial charge is 0.271 e. The minimum absolute atomic E-state index is 0.0808. The van der Waals surface area contributed by atoms with Gasteiger partial charge in [-0.15, -0.1) is 0 Å². The van der Waals surface area contributed by atoms with Crippen molar-refractivity contribution in [3.63, 3.8) is 0 Å². The van der Waals surface area contributed by atoms with Crippen molar-refractivity contribution < 1.29 is 15.0 Å². The number of aliphatic hydroxyl groups is 1. The molecule has 5 nitrogen and oxygen atoms in total. The van der Waals surface area contributed by atoms with Crippen LogP contribution < -0.4 is 5.43 Å². The molecule has 1 amide bonds. The monoisotopic (exact) mass is 344 g/mol. The highest BCUT2D eigenvalue weighted by Crippen LogP contribution is 2.23. The molecule has 124 valence electrons. The third-order valence-electron chi connectivity index (χ3n) is 3.11. The zero-order chi connectivity index (χ0) is 17.4. The molecule has 0 fully saturated rings. The van der Waals surface area contributed by atoms with E-state index < -0.39 is 5.91 Å². The fourth-order valence-corrected chi connectivity index (χ4v) is 2.10. The summed E-state index contributed by atoms with van der Waals surface area (Å²) in [6, 6.07) is 11.7. The maximum atomic E-state index is 11.9. The summed E-state index contributed by atoms with van der Waals surface area (Å²) < 4.78 is 0. The van der Waals surface area contributed by atoms with Gasteiger partial charge in [-0.3, -0.25) is 4.79 Å². The summed E-state index contributed by atoms with van der Waals surface area (Å²) in [5.74, 6) is -0.505. The Labute approximate surface area is 144 Å². The minimum Gasteiger partial charge on any atom is -0.506 e. The number of rotatable bonds is 6. The van der Waals surface area contributed by atoms with E-state index in [0.717, 1.165) is 11.1 Å². The Bertz CT molecular complexity index is 773. The number of carbonyl (C=O) groups excluding carboxylic acids is 1. The highest BCUT2D eigenvalue weighted by molar-refractivity contribution is 6.32. The van der Waals surface area contributed by atoms with Crippen molar-refractivity contribution in [3.8, 4) is 5.75 Å². The van der Waals surface area contributed by atoms with E-state index in [2.05, 4.69) is 10.5 Å². The molecule has 0 radical (unpaired) electrons. The van der Waals surface area contributed by atoms with Gasteiger partial charge in [0.15, 0.2) is 0 Å². The molecule has 0 aliphatic rings. The van der Waals surface area contributed by atoms with Crippen LogP contribution in [0.2, 0.25) is 5.02 Å². The maximum Gasteiger partial charge on any atom is 0.271 e. The van der Waals surface area contributed by atoms with Gasteiger partial charge in [-0.2, -0.15) is 5.10 Å². The van der Waals surface area contributed by atoms with Crippen LogP contribution in [-0.2, 0) is 0 Å². The summed E-state index contributed by atoms with van der Waals surface area (Å²) in [6.07, 6.45) is 5.92. The molecule has 0 aliphatic carbocycles. The van der Waals surface area contributed by atoms with Crippen LogP contribution in [-0.4, -0.2) is 28.9 Å². The van der Waals surface area contributed by atoms with Crippen LogP contribution in [0, 0.1) is 0 Å². The molecule has 24 heavy (non-hydrogen) atoms. The number of hydrazone groups is 1. The average Bonchev–Trinajstić information content (AvgIpc) is 2.58. The molecule has 0 heterocycles. The Morgan fingerprint density at radius 3 is 2.75 bits per heavy atom. The normalized spacial score (nSPS) is 11.2. The molecule has 2 aromatic carbocycles. The van der Waals surface area contributed by atoms with Crippen LogP contribution in [0.15, 0.2) is 53.6 Å². The molecule has 2 rings (SSSR count). The van der Waals surface area contributed by atoms with Gasteiger partial charge < -0.3 is 10.2 Å². The Hall–Kier alpha value is -2.63. The van der Waals surface area contributed by atoms with Crippen molar-refractivity contribution in [2.24, 2.45) is 5.10 Å². The third kappa shape index (κ3) is 5.22. The Morgan fingerprint density at radius 1 is 1.21 bits per heavy atom. The molecular weight excluding hydrogens is 328 g/mol. The zero-order valence-corrected chi connectivity index (χ0v) is 13.6. The van der Waals surface area contributed by atoms with Gasteiger partial charge in [0.1, 0.15) is 5.75 Å². The number of nitrogens with one attached hydrogen (secondary N) is 1. The number of nitrogens with zero attached hydrogens (tertiary/aromatic N) is 1. The van der Waals surface area contributed by atoms with Crippen molar-refractivity contribution in [2.75, 3.05) is 6.61 Å². The lowest BCUT2D eigenvalue weighted by atomic mass is 10.1. The number of phenolic OH excluding ortho intramolecular Hbond substituents is 1. The van der Waals surface area contributed by atoms with Crippen molar-refractivity contribution in [1.29, 1.82) is 0 Å². The van der Waals surface area contributed by atoms with Crippen LogP contribution in [0.25, 0.3) is 6.08 Å². The lowest BCUT2D eigenvalue weighted by Crippen LogP contribution is -2.17. The molecule has 2 aromatic rings. The van der Waals surface area contributed by atoms with Crippen LogP contribution in [0.5, 0.6) is 5.75 Å². The second-order valence-electron chi connectivity index (χ2n) is 4.95. The van der Waals surface area contributed by atoms with Gasteiger partial charge in [-0.25, -0.2) is 5.43 Å². The van der Waals surface area contributed by atoms with Gasteiger partial charge in [0, 0.05) is 12.2 Å². The third-order valence-corrected chi connectivity index (χ3v) is 3.41. The Morgan fingerprint density at radius 2 is 2.00 bits per heavy atom. The van der Waals surface area contributed by atoms with Gasteiger partial charge in [-0.05, 0) is 41.8 Å². The lowest BCUT2D eigenvalue weighted by molar-refractivity contribution is 0.0955. The number of aliphatic hydroxyl groups excluding tert-OH is 1. The molecule has 6 heteroatoms. The molecule has 3 N–H and O–H groups in total. The van der Waals surface area contributed by atoms with Gasteiger partial charge in [0.05, 0.1) is 11.2 Å². The van der Waals surface area contributed by atoms with Gasteiger partial charge in [0.2, 0.25) is 0 Å². The van der Waals surface area contributed by atoms with Crippen LogP contribution in [0.3, 0.4) is 0 Å². The van der Waals surface area contributed by atoms with Gasteiger partial charge >= 0.3 is 0 Å². The number of carbonyl (C=O) groups is 1.